The number of hydrogen-bond acceptors (Lipinski definition) is 3. The van der Waals surface area contributed by atoms with Gasteiger partial charge in [0.1, 0.15) is 12.2 Å². The number of nitrogens with zero attached hydrogens (tertiary/aromatic N) is 3. The quantitative estimate of drug-likeness (QED) is 0.896. The summed E-state index contributed by atoms with van der Waals surface area (Å²) in [5.74, 6) is 1.34. The molecule has 0 fully saturated rings. The average molecular weight is 265 g/mol. The van der Waals surface area contributed by atoms with Gasteiger partial charge < -0.3 is 5.73 Å². The molecule has 2 aromatic rings. The Morgan fingerprint density at radius 1 is 1.28 bits per heavy atom. The van der Waals surface area contributed by atoms with Crippen LogP contribution in [0.1, 0.15) is 11.4 Å². The summed E-state index contributed by atoms with van der Waals surface area (Å²) in [6.45, 7) is 0.634. The molecule has 0 amide bonds. The smallest absolute Gasteiger partial charge is 0.138 e. The number of hydrogen-bond donors (Lipinski definition) is 1. The minimum Gasteiger partial charge on any atom is -0.330 e. The molecule has 0 bridgehead atoms. The standard InChI is InChI=1S/C13H17ClN4/c1-18-13(16-9-17-18)7-11(8-15)6-10-2-4-12(14)5-3-10/h2-5,9,11H,6-8,15H2,1H3. The normalized spacial score (nSPS) is 12.6. The summed E-state index contributed by atoms with van der Waals surface area (Å²) in [6, 6.07) is 7.91. The van der Waals surface area contributed by atoms with Crippen LogP contribution in [0, 0.1) is 5.92 Å². The van der Waals surface area contributed by atoms with Gasteiger partial charge in [0.2, 0.25) is 0 Å². The first-order chi connectivity index (χ1) is 8.69. The second-order valence-corrected chi connectivity index (χ2v) is 4.87. The molecular formula is C13H17ClN4. The fraction of sp³-hybridized carbons (Fsp3) is 0.385. The maximum atomic E-state index is 5.87. The molecule has 0 aliphatic heterocycles. The van der Waals surface area contributed by atoms with Crippen LogP contribution in [0.4, 0.5) is 0 Å². The first-order valence-corrected chi connectivity index (χ1v) is 6.34. The van der Waals surface area contributed by atoms with Crippen molar-refractivity contribution in [2.24, 2.45) is 18.7 Å². The van der Waals surface area contributed by atoms with Gasteiger partial charge in [0.25, 0.3) is 0 Å². The Bertz CT molecular complexity index is 492. The largest absolute Gasteiger partial charge is 0.330 e. The van der Waals surface area contributed by atoms with E-state index in [4.69, 9.17) is 17.3 Å². The van der Waals surface area contributed by atoms with Crippen molar-refractivity contribution in [3.8, 4) is 0 Å². The molecule has 96 valence electrons. The molecule has 0 aliphatic carbocycles. The predicted molar refractivity (Wildman–Crippen MR) is 72.4 cm³/mol. The van der Waals surface area contributed by atoms with Gasteiger partial charge in [0.15, 0.2) is 0 Å². The summed E-state index contributed by atoms with van der Waals surface area (Å²) in [5.41, 5.74) is 7.08. The summed E-state index contributed by atoms with van der Waals surface area (Å²) in [4.78, 5) is 4.23. The van der Waals surface area contributed by atoms with Crippen LogP contribution < -0.4 is 5.73 Å². The van der Waals surface area contributed by atoms with Crippen LogP contribution in [0.15, 0.2) is 30.6 Å². The minimum absolute atomic E-state index is 0.370. The Balaban J connectivity index is 2.01. The van der Waals surface area contributed by atoms with Gasteiger partial charge in [0, 0.05) is 18.5 Å². The lowest BCUT2D eigenvalue weighted by atomic mass is 9.96. The number of aryl methyl sites for hydroxylation is 1. The maximum Gasteiger partial charge on any atom is 0.138 e. The predicted octanol–water partition coefficient (Wildman–Crippen LogP) is 1.83. The molecule has 4 nitrogen and oxygen atoms in total. The van der Waals surface area contributed by atoms with Gasteiger partial charge in [-0.05, 0) is 36.6 Å². The van der Waals surface area contributed by atoms with E-state index in [1.165, 1.54) is 5.56 Å². The summed E-state index contributed by atoms with van der Waals surface area (Å²) in [6.07, 6.45) is 3.35. The van der Waals surface area contributed by atoms with Crippen LogP contribution in [-0.2, 0) is 19.9 Å². The number of halogens is 1. The average Bonchev–Trinajstić information content (AvgIpc) is 2.77. The van der Waals surface area contributed by atoms with Crippen molar-refractivity contribution in [3.63, 3.8) is 0 Å². The molecule has 0 spiro atoms. The van der Waals surface area contributed by atoms with Gasteiger partial charge in [-0.1, -0.05) is 23.7 Å². The topological polar surface area (TPSA) is 56.7 Å². The van der Waals surface area contributed by atoms with E-state index in [2.05, 4.69) is 10.1 Å². The molecule has 0 aliphatic rings. The lowest BCUT2D eigenvalue weighted by Crippen LogP contribution is -2.21. The van der Waals surface area contributed by atoms with Gasteiger partial charge in [-0.15, -0.1) is 0 Å². The Labute approximate surface area is 112 Å². The van der Waals surface area contributed by atoms with Gasteiger partial charge in [-0.25, -0.2) is 4.98 Å². The number of nitrogens with two attached hydrogens (primary N) is 1. The molecule has 1 heterocycles. The Kier molecular flexibility index (Phi) is 4.33. The van der Waals surface area contributed by atoms with Crippen molar-refractivity contribution in [3.05, 3.63) is 47.0 Å². The molecule has 0 saturated heterocycles. The van der Waals surface area contributed by atoms with E-state index in [1.54, 1.807) is 11.0 Å². The molecule has 5 heteroatoms. The first kappa shape index (κ1) is 13.1. The third-order valence-electron chi connectivity index (χ3n) is 3.05. The van der Waals surface area contributed by atoms with Crippen LogP contribution in [0.25, 0.3) is 0 Å². The highest BCUT2D eigenvalue weighted by atomic mass is 35.5. The number of rotatable bonds is 5. The van der Waals surface area contributed by atoms with Crippen molar-refractivity contribution >= 4 is 11.6 Å². The summed E-state index contributed by atoms with van der Waals surface area (Å²) in [5, 5.41) is 4.83. The second kappa shape index (κ2) is 5.98. The number of aromatic nitrogens is 3. The van der Waals surface area contributed by atoms with E-state index in [0.29, 0.717) is 12.5 Å². The van der Waals surface area contributed by atoms with E-state index in [1.807, 2.05) is 31.3 Å². The Hall–Kier alpha value is -1.39. The molecular weight excluding hydrogens is 248 g/mol. The highest BCUT2D eigenvalue weighted by molar-refractivity contribution is 6.30. The monoisotopic (exact) mass is 264 g/mol. The highest BCUT2D eigenvalue weighted by Gasteiger charge is 2.12. The van der Waals surface area contributed by atoms with Crippen molar-refractivity contribution in [1.29, 1.82) is 0 Å². The van der Waals surface area contributed by atoms with Crippen molar-refractivity contribution in [2.75, 3.05) is 6.54 Å². The molecule has 1 aromatic carbocycles. The van der Waals surface area contributed by atoms with Crippen LogP contribution >= 0.6 is 11.6 Å². The Morgan fingerprint density at radius 3 is 2.56 bits per heavy atom. The summed E-state index contributed by atoms with van der Waals surface area (Å²) >= 11 is 5.87. The van der Waals surface area contributed by atoms with E-state index < -0.39 is 0 Å². The zero-order valence-electron chi connectivity index (χ0n) is 10.4. The zero-order valence-corrected chi connectivity index (χ0v) is 11.1. The fourth-order valence-electron chi connectivity index (χ4n) is 1.96. The van der Waals surface area contributed by atoms with Gasteiger partial charge in [0.05, 0.1) is 0 Å². The van der Waals surface area contributed by atoms with E-state index >= 15 is 0 Å². The Morgan fingerprint density at radius 2 is 2.00 bits per heavy atom. The molecule has 2 N–H and O–H groups in total. The number of benzene rings is 1. The molecule has 18 heavy (non-hydrogen) atoms. The maximum absolute atomic E-state index is 5.87. The van der Waals surface area contributed by atoms with E-state index in [9.17, 15) is 0 Å². The fourth-order valence-corrected chi connectivity index (χ4v) is 2.08. The molecule has 1 aromatic heterocycles. The summed E-state index contributed by atoms with van der Waals surface area (Å²) < 4.78 is 1.80. The molecule has 2 rings (SSSR count). The third kappa shape index (κ3) is 3.31. The SMILES string of the molecule is Cn1ncnc1CC(CN)Cc1ccc(Cl)cc1. The van der Waals surface area contributed by atoms with Gasteiger partial charge in [-0.3, -0.25) is 4.68 Å². The van der Waals surface area contributed by atoms with Crippen molar-refractivity contribution < 1.29 is 0 Å². The first-order valence-electron chi connectivity index (χ1n) is 5.96. The van der Waals surface area contributed by atoms with Crippen LogP contribution in [0.2, 0.25) is 5.02 Å². The molecule has 1 atom stereocenters. The molecule has 0 saturated carbocycles. The zero-order chi connectivity index (χ0) is 13.0. The van der Waals surface area contributed by atoms with Crippen LogP contribution in [0.3, 0.4) is 0 Å². The van der Waals surface area contributed by atoms with Crippen molar-refractivity contribution in [2.45, 2.75) is 12.8 Å². The lowest BCUT2D eigenvalue weighted by Gasteiger charge is -2.14. The minimum atomic E-state index is 0.370. The molecule has 0 radical (unpaired) electrons. The van der Waals surface area contributed by atoms with E-state index in [-0.39, 0.29) is 0 Å². The van der Waals surface area contributed by atoms with Crippen molar-refractivity contribution in [1.82, 2.24) is 14.8 Å². The van der Waals surface area contributed by atoms with Gasteiger partial charge >= 0.3 is 0 Å². The van der Waals surface area contributed by atoms with Crippen LogP contribution in [-0.4, -0.2) is 21.3 Å². The van der Waals surface area contributed by atoms with Crippen LogP contribution in [0.5, 0.6) is 0 Å². The lowest BCUT2D eigenvalue weighted by molar-refractivity contribution is 0.503. The highest BCUT2D eigenvalue weighted by Crippen LogP contribution is 2.15. The molecule has 1 unspecified atom stereocenters. The third-order valence-corrected chi connectivity index (χ3v) is 3.30. The van der Waals surface area contributed by atoms with E-state index in [0.717, 1.165) is 23.7 Å². The van der Waals surface area contributed by atoms with Gasteiger partial charge in [-0.2, -0.15) is 5.10 Å². The summed E-state index contributed by atoms with van der Waals surface area (Å²) in [7, 11) is 1.90. The second-order valence-electron chi connectivity index (χ2n) is 4.44.